The Bertz CT molecular complexity index is 732. The van der Waals surface area contributed by atoms with Gasteiger partial charge in [-0.25, -0.2) is 0 Å². The van der Waals surface area contributed by atoms with Crippen LogP contribution in [0.1, 0.15) is 31.8 Å². The molecule has 2 rings (SSSR count). The van der Waals surface area contributed by atoms with Crippen LogP contribution in [-0.2, 0) is 0 Å². The second-order valence-electron chi connectivity index (χ2n) is 4.36. The van der Waals surface area contributed by atoms with Crippen molar-refractivity contribution in [2.75, 3.05) is 0 Å². The average Bonchev–Trinajstić information content (AvgIpc) is 2.46. The van der Waals surface area contributed by atoms with Crippen molar-refractivity contribution in [2.24, 2.45) is 0 Å². The molecule has 2 aromatic carbocycles. The van der Waals surface area contributed by atoms with Gasteiger partial charge in [0.2, 0.25) is 0 Å². The number of aromatic hydroxyl groups is 3. The van der Waals surface area contributed by atoms with E-state index in [2.05, 4.69) is 0 Å². The largest absolute Gasteiger partial charge is 0.508 e. The molecule has 0 aromatic heterocycles. The van der Waals surface area contributed by atoms with Gasteiger partial charge in [0, 0.05) is 6.07 Å². The predicted octanol–water partition coefficient (Wildman–Crippen LogP) is 2.60. The van der Waals surface area contributed by atoms with Gasteiger partial charge in [0.05, 0.1) is 11.1 Å². The minimum absolute atomic E-state index is 0.0541. The van der Waals surface area contributed by atoms with E-state index in [1.807, 2.05) is 0 Å². The van der Waals surface area contributed by atoms with Gasteiger partial charge in [0.1, 0.15) is 17.2 Å². The van der Waals surface area contributed by atoms with Crippen LogP contribution in [0.15, 0.2) is 30.3 Å². The zero-order chi connectivity index (χ0) is 15.4. The molecule has 0 aliphatic rings. The standard InChI is InChI=1S/C16H12O5/c17-8-12-5-10(2-4-15(12)20)1-3-11-6-13(19)7-16(21)14(11)9-18/h1-9,19-21H. The summed E-state index contributed by atoms with van der Waals surface area (Å²) in [5, 5.41) is 28.4. The monoisotopic (exact) mass is 284 g/mol. The van der Waals surface area contributed by atoms with Crippen LogP contribution in [0.3, 0.4) is 0 Å². The van der Waals surface area contributed by atoms with Gasteiger partial charge < -0.3 is 15.3 Å². The van der Waals surface area contributed by atoms with Crippen molar-refractivity contribution in [2.45, 2.75) is 0 Å². The summed E-state index contributed by atoms with van der Waals surface area (Å²) in [6.07, 6.45) is 4.13. The maximum Gasteiger partial charge on any atom is 0.154 e. The van der Waals surface area contributed by atoms with E-state index < -0.39 is 0 Å². The maximum absolute atomic E-state index is 11.0. The highest BCUT2D eigenvalue weighted by molar-refractivity contribution is 5.89. The Labute approximate surface area is 120 Å². The molecular formula is C16H12O5. The Balaban J connectivity index is 2.42. The Morgan fingerprint density at radius 2 is 1.52 bits per heavy atom. The van der Waals surface area contributed by atoms with E-state index in [1.54, 1.807) is 12.1 Å². The summed E-state index contributed by atoms with van der Waals surface area (Å²) in [5.74, 6) is -0.605. The predicted molar refractivity (Wildman–Crippen MR) is 77.6 cm³/mol. The van der Waals surface area contributed by atoms with Crippen LogP contribution in [-0.4, -0.2) is 27.9 Å². The molecule has 0 atom stereocenters. The smallest absolute Gasteiger partial charge is 0.154 e. The van der Waals surface area contributed by atoms with Crippen molar-refractivity contribution in [3.05, 3.63) is 52.6 Å². The van der Waals surface area contributed by atoms with E-state index in [9.17, 15) is 24.9 Å². The van der Waals surface area contributed by atoms with Crippen molar-refractivity contribution in [3.63, 3.8) is 0 Å². The van der Waals surface area contributed by atoms with Crippen LogP contribution in [0.2, 0.25) is 0 Å². The third kappa shape index (κ3) is 3.09. The lowest BCUT2D eigenvalue weighted by Crippen LogP contribution is -1.87. The van der Waals surface area contributed by atoms with Crippen LogP contribution in [0.4, 0.5) is 0 Å². The molecule has 0 aliphatic carbocycles. The second kappa shape index (κ2) is 5.92. The van der Waals surface area contributed by atoms with E-state index in [4.69, 9.17) is 0 Å². The first-order valence-corrected chi connectivity index (χ1v) is 6.02. The summed E-state index contributed by atoms with van der Waals surface area (Å²) in [7, 11) is 0. The molecule has 0 saturated carbocycles. The molecule has 0 aliphatic heterocycles. The lowest BCUT2D eigenvalue weighted by Gasteiger charge is -2.04. The highest BCUT2D eigenvalue weighted by atomic mass is 16.3. The molecule has 0 radical (unpaired) electrons. The van der Waals surface area contributed by atoms with Gasteiger partial charge >= 0.3 is 0 Å². The minimum atomic E-state index is -0.316. The quantitative estimate of drug-likeness (QED) is 0.592. The molecule has 21 heavy (non-hydrogen) atoms. The summed E-state index contributed by atoms with van der Waals surface area (Å²) in [6, 6.07) is 6.85. The molecule has 0 unspecified atom stereocenters. The number of carbonyl (C=O) groups is 2. The summed E-state index contributed by atoms with van der Waals surface area (Å²) in [4.78, 5) is 21.7. The van der Waals surface area contributed by atoms with Gasteiger partial charge in [-0.05, 0) is 29.3 Å². The Hall–Kier alpha value is -3.08. The van der Waals surface area contributed by atoms with Crippen LogP contribution in [0, 0.1) is 0 Å². The molecule has 0 heterocycles. The Morgan fingerprint density at radius 3 is 2.19 bits per heavy atom. The fraction of sp³-hybridized carbons (Fsp3) is 0. The molecule has 0 bridgehead atoms. The molecule has 0 fully saturated rings. The fourth-order valence-electron chi connectivity index (χ4n) is 1.87. The normalized spacial score (nSPS) is 10.7. The van der Waals surface area contributed by atoms with Crippen LogP contribution in [0.5, 0.6) is 17.2 Å². The topological polar surface area (TPSA) is 94.8 Å². The number of rotatable bonds is 4. The van der Waals surface area contributed by atoms with Crippen LogP contribution >= 0.6 is 0 Å². The van der Waals surface area contributed by atoms with Crippen LogP contribution in [0.25, 0.3) is 12.2 Å². The SMILES string of the molecule is O=Cc1cc(C=Cc2cc(O)cc(O)c2C=O)ccc1O. The first kappa shape index (κ1) is 14.3. The lowest BCUT2D eigenvalue weighted by molar-refractivity contribution is 0.111. The number of hydrogen-bond donors (Lipinski definition) is 3. The van der Waals surface area contributed by atoms with Gasteiger partial charge in [-0.1, -0.05) is 18.2 Å². The Kier molecular flexibility index (Phi) is 4.04. The number of phenolic OH excluding ortho intramolecular Hbond substituents is 3. The summed E-state index contributed by atoms with van der Waals surface area (Å²) >= 11 is 0. The van der Waals surface area contributed by atoms with Gasteiger partial charge in [0.25, 0.3) is 0 Å². The molecule has 0 amide bonds. The van der Waals surface area contributed by atoms with Crippen molar-refractivity contribution in [1.29, 1.82) is 0 Å². The number of hydrogen-bond acceptors (Lipinski definition) is 5. The van der Waals surface area contributed by atoms with Gasteiger partial charge in [0.15, 0.2) is 12.6 Å². The van der Waals surface area contributed by atoms with E-state index in [-0.39, 0.29) is 28.4 Å². The third-order valence-corrected chi connectivity index (χ3v) is 2.93. The van der Waals surface area contributed by atoms with Gasteiger partial charge in [-0.15, -0.1) is 0 Å². The lowest BCUT2D eigenvalue weighted by atomic mass is 10.0. The van der Waals surface area contributed by atoms with E-state index in [1.165, 1.54) is 24.3 Å². The highest BCUT2D eigenvalue weighted by Crippen LogP contribution is 2.27. The molecular weight excluding hydrogens is 272 g/mol. The number of benzene rings is 2. The molecule has 5 heteroatoms. The van der Waals surface area contributed by atoms with Crippen molar-refractivity contribution < 1.29 is 24.9 Å². The first-order valence-electron chi connectivity index (χ1n) is 6.02. The van der Waals surface area contributed by atoms with Crippen LogP contribution < -0.4 is 0 Å². The van der Waals surface area contributed by atoms with Crippen molar-refractivity contribution >= 4 is 24.7 Å². The average molecular weight is 284 g/mol. The van der Waals surface area contributed by atoms with Gasteiger partial charge in [-0.3, -0.25) is 9.59 Å². The molecule has 106 valence electrons. The van der Waals surface area contributed by atoms with Crippen molar-refractivity contribution in [1.82, 2.24) is 0 Å². The maximum atomic E-state index is 11.0. The summed E-state index contributed by atoms with van der Waals surface area (Å²) in [6.45, 7) is 0. The summed E-state index contributed by atoms with van der Waals surface area (Å²) < 4.78 is 0. The molecule has 5 nitrogen and oxygen atoms in total. The molecule has 2 aromatic rings. The van der Waals surface area contributed by atoms with E-state index >= 15 is 0 Å². The van der Waals surface area contributed by atoms with E-state index in [0.29, 0.717) is 23.7 Å². The van der Waals surface area contributed by atoms with E-state index in [0.717, 1.165) is 6.07 Å². The number of carbonyl (C=O) groups excluding carboxylic acids is 2. The Morgan fingerprint density at radius 1 is 0.762 bits per heavy atom. The fourth-order valence-corrected chi connectivity index (χ4v) is 1.87. The first-order chi connectivity index (χ1) is 10.0. The number of aldehydes is 2. The van der Waals surface area contributed by atoms with Crippen molar-refractivity contribution in [3.8, 4) is 17.2 Å². The molecule has 0 spiro atoms. The number of phenols is 3. The zero-order valence-electron chi connectivity index (χ0n) is 10.9. The minimum Gasteiger partial charge on any atom is -0.508 e. The zero-order valence-corrected chi connectivity index (χ0v) is 10.9. The highest BCUT2D eigenvalue weighted by Gasteiger charge is 2.07. The second-order valence-corrected chi connectivity index (χ2v) is 4.36. The third-order valence-electron chi connectivity index (χ3n) is 2.93. The molecule has 0 saturated heterocycles. The van der Waals surface area contributed by atoms with Gasteiger partial charge in [-0.2, -0.15) is 0 Å². The summed E-state index contributed by atoms with van der Waals surface area (Å²) in [5.41, 5.74) is 1.16. The molecule has 3 N–H and O–H groups in total.